The molecule has 0 radical (unpaired) electrons. The summed E-state index contributed by atoms with van der Waals surface area (Å²) in [6.45, 7) is 5.67. The summed E-state index contributed by atoms with van der Waals surface area (Å²) in [5.41, 5.74) is 0. The second-order valence-electron chi connectivity index (χ2n) is 19.2. The van der Waals surface area contributed by atoms with Crippen molar-refractivity contribution in [2.24, 2.45) is 0 Å². The molecule has 1 heterocycles. The van der Waals surface area contributed by atoms with Crippen LogP contribution in [0.4, 0.5) is 0 Å². The molecule has 1 saturated heterocycles. The van der Waals surface area contributed by atoms with Gasteiger partial charge in [-0.25, -0.2) is 4.79 Å². The van der Waals surface area contributed by atoms with Gasteiger partial charge < -0.3 is 39.0 Å². The summed E-state index contributed by atoms with van der Waals surface area (Å²) >= 11 is 0. The molecule has 1 fully saturated rings. The minimum absolute atomic E-state index is 0.0156. The fourth-order valence-corrected chi connectivity index (χ4v) is 7.93. The zero-order valence-corrected chi connectivity index (χ0v) is 46.5. The molecule has 0 saturated carbocycles. The summed E-state index contributed by atoms with van der Waals surface area (Å²) in [5.74, 6) is -3.22. The van der Waals surface area contributed by atoms with Crippen LogP contribution >= 0.6 is 0 Å². The Labute approximate surface area is 453 Å². The van der Waals surface area contributed by atoms with Crippen LogP contribution in [-0.2, 0) is 42.9 Å². The molecular formula is C63H100O12. The molecule has 0 aromatic rings. The Morgan fingerprint density at radius 2 is 0.840 bits per heavy atom. The molecule has 0 amide bonds. The smallest absolute Gasteiger partial charge is 0.335 e. The largest absolute Gasteiger partial charge is 0.479 e. The molecule has 0 bridgehead atoms. The molecule has 0 spiro atoms. The topological polar surface area (TPSA) is 175 Å². The van der Waals surface area contributed by atoms with E-state index in [0.29, 0.717) is 19.3 Å². The number of carboxylic acids is 1. The maximum Gasteiger partial charge on any atom is 0.335 e. The molecular weight excluding hydrogens is 949 g/mol. The molecule has 1 rings (SSSR count). The van der Waals surface area contributed by atoms with Crippen LogP contribution in [-0.4, -0.2) is 89.2 Å². The minimum atomic E-state index is -1.92. The normalized spacial score (nSPS) is 19.0. The van der Waals surface area contributed by atoms with Crippen LogP contribution in [0.2, 0.25) is 0 Å². The first-order chi connectivity index (χ1) is 36.6. The fourth-order valence-electron chi connectivity index (χ4n) is 7.93. The molecule has 0 aliphatic carbocycles. The molecule has 1 aliphatic heterocycles. The van der Waals surface area contributed by atoms with Gasteiger partial charge in [-0.1, -0.05) is 182 Å². The van der Waals surface area contributed by atoms with Gasteiger partial charge in [-0.05, 0) is 122 Å². The molecule has 75 heavy (non-hydrogen) atoms. The third-order valence-corrected chi connectivity index (χ3v) is 12.3. The summed E-state index contributed by atoms with van der Waals surface area (Å²) < 4.78 is 28.3. The number of carbonyl (C=O) groups is 4. The van der Waals surface area contributed by atoms with E-state index in [4.69, 9.17) is 23.7 Å². The Bertz CT molecular complexity index is 1720. The minimum Gasteiger partial charge on any atom is -0.479 e. The number of hydrogen-bond acceptors (Lipinski definition) is 11. The van der Waals surface area contributed by atoms with Crippen molar-refractivity contribution >= 4 is 23.9 Å². The maximum atomic E-state index is 13.1. The van der Waals surface area contributed by atoms with E-state index in [9.17, 15) is 34.5 Å². The van der Waals surface area contributed by atoms with E-state index in [1.54, 1.807) is 0 Å². The third kappa shape index (κ3) is 40.3. The van der Waals surface area contributed by atoms with Crippen molar-refractivity contribution in [2.75, 3.05) is 13.2 Å². The SMILES string of the molecule is CC/C=C\C/C=C\C/C=C\C/C=C\CCCCCCC(=O)OCC(COC1OC(C(=O)O)C(O)C(O)C1OC(=O)CCCCC/C=C\C/C=C\C/C=C\CC)OC(=O)CCCCCCC/C=C\C/C=C\CCCCC. The van der Waals surface area contributed by atoms with Crippen molar-refractivity contribution in [3.8, 4) is 0 Å². The van der Waals surface area contributed by atoms with Gasteiger partial charge in [-0.2, -0.15) is 0 Å². The maximum absolute atomic E-state index is 13.1. The van der Waals surface area contributed by atoms with Crippen LogP contribution in [0.1, 0.15) is 213 Å². The van der Waals surface area contributed by atoms with Gasteiger partial charge >= 0.3 is 23.9 Å². The first-order valence-corrected chi connectivity index (χ1v) is 28.9. The van der Waals surface area contributed by atoms with Gasteiger partial charge in [0.2, 0.25) is 0 Å². The van der Waals surface area contributed by atoms with E-state index in [1.807, 2.05) is 0 Å². The quantitative estimate of drug-likeness (QED) is 0.0228. The number of aliphatic hydroxyl groups excluding tert-OH is 2. The van der Waals surface area contributed by atoms with E-state index < -0.39 is 67.3 Å². The molecule has 424 valence electrons. The molecule has 3 N–H and O–H groups in total. The van der Waals surface area contributed by atoms with Crippen LogP contribution in [0.3, 0.4) is 0 Å². The van der Waals surface area contributed by atoms with Crippen LogP contribution in [0, 0.1) is 0 Å². The lowest BCUT2D eigenvalue weighted by Crippen LogP contribution is -2.61. The van der Waals surface area contributed by atoms with Crippen molar-refractivity contribution in [2.45, 2.75) is 250 Å². The number of aliphatic carboxylic acids is 1. The zero-order chi connectivity index (χ0) is 54.7. The Kier molecular flexibility index (Phi) is 45.8. The average Bonchev–Trinajstić information content (AvgIpc) is 3.39. The van der Waals surface area contributed by atoms with Crippen molar-refractivity contribution in [1.29, 1.82) is 0 Å². The van der Waals surface area contributed by atoms with Crippen molar-refractivity contribution in [3.63, 3.8) is 0 Å². The Morgan fingerprint density at radius 1 is 0.453 bits per heavy atom. The average molecular weight is 1050 g/mol. The number of aliphatic hydroxyl groups is 2. The molecule has 6 unspecified atom stereocenters. The predicted molar refractivity (Wildman–Crippen MR) is 303 cm³/mol. The highest BCUT2D eigenvalue weighted by molar-refractivity contribution is 5.74. The van der Waals surface area contributed by atoms with Crippen molar-refractivity contribution in [1.82, 2.24) is 0 Å². The third-order valence-electron chi connectivity index (χ3n) is 12.3. The van der Waals surface area contributed by atoms with Gasteiger partial charge in [0.05, 0.1) is 6.61 Å². The molecule has 12 nitrogen and oxygen atoms in total. The lowest BCUT2D eigenvalue weighted by molar-refractivity contribution is -0.301. The second-order valence-corrected chi connectivity index (χ2v) is 19.2. The fraction of sp³-hybridized carbons (Fsp3) is 0.651. The predicted octanol–water partition coefficient (Wildman–Crippen LogP) is 14.7. The summed E-state index contributed by atoms with van der Waals surface area (Å²) in [6.07, 6.45) is 54.9. The highest BCUT2D eigenvalue weighted by Crippen LogP contribution is 2.26. The number of rotatable bonds is 47. The van der Waals surface area contributed by atoms with Crippen molar-refractivity contribution < 1.29 is 58.2 Å². The standard InChI is InChI=1S/C63H100O12/c1-4-7-10-13-16-19-22-25-27-28-30-32-34-37-40-43-46-49-55(64)71-52-54(73-56(65)50-47-44-41-38-36-33-29-26-23-20-17-14-11-8-5-2)53-72-63-61(59(68)58(67)60(75-63)62(69)70)74-57(66)51-48-45-42-39-35-31-24-21-18-15-12-9-6-3/h7,9-10,12,16-21,25-27,29-32,35,54,58-61,63,67-68H,4-6,8,11,13-15,22-24,28,33-34,36-53H2,1-3H3,(H,69,70)/b10-7-,12-9-,19-16-,20-17-,21-18-,27-25-,29-26-,32-30-,35-31-. The summed E-state index contributed by atoms with van der Waals surface area (Å²) in [6, 6.07) is 0. The zero-order valence-electron chi connectivity index (χ0n) is 46.5. The highest BCUT2D eigenvalue weighted by atomic mass is 16.7. The van der Waals surface area contributed by atoms with Gasteiger partial charge in [0, 0.05) is 19.3 Å². The first kappa shape index (κ1) is 68.4. The Balaban J connectivity index is 2.75. The molecule has 12 heteroatoms. The summed E-state index contributed by atoms with van der Waals surface area (Å²) in [7, 11) is 0. The number of esters is 3. The van der Waals surface area contributed by atoms with Crippen LogP contribution in [0.5, 0.6) is 0 Å². The number of hydrogen-bond donors (Lipinski definition) is 3. The van der Waals surface area contributed by atoms with Crippen molar-refractivity contribution in [3.05, 3.63) is 109 Å². The van der Waals surface area contributed by atoms with Crippen LogP contribution in [0.25, 0.3) is 0 Å². The van der Waals surface area contributed by atoms with Gasteiger partial charge in [-0.15, -0.1) is 0 Å². The Morgan fingerprint density at radius 3 is 1.29 bits per heavy atom. The summed E-state index contributed by atoms with van der Waals surface area (Å²) in [5, 5.41) is 31.4. The number of ether oxygens (including phenoxy) is 5. The van der Waals surface area contributed by atoms with E-state index in [0.717, 1.165) is 135 Å². The monoisotopic (exact) mass is 1050 g/mol. The second kappa shape index (κ2) is 50.2. The van der Waals surface area contributed by atoms with Gasteiger partial charge in [0.1, 0.15) is 18.8 Å². The molecule has 1 aliphatic rings. The van der Waals surface area contributed by atoms with Crippen LogP contribution < -0.4 is 0 Å². The lowest BCUT2D eigenvalue weighted by Gasteiger charge is -2.40. The number of allylic oxidation sites excluding steroid dienone is 18. The number of carbonyl (C=O) groups excluding carboxylic acids is 3. The van der Waals surface area contributed by atoms with Gasteiger partial charge in [-0.3, -0.25) is 14.4 Å². The van der Waals surface area contributed by atoms with E-state index in [1.165, 1.54) is 19.3 Å². The lowest BCUT2D eigenvalue weighted by atomic mass is 9.98. The molecule has 0 aromatic carbocycles. The van der Waals surface area contributed by atoms with E-state index in [2.05, 4.69) is 130 Å². The molecule has 6 atom stereocenters. The van der Waals surface area contributed by atoms with Gasteiger partial charge in [0.25, 0.3) is 0 Å². The number of unbranched alkanes of at least 4 members (excludes halogenated alkanes) is 15. The van der Waals surface area contributed by atoms with Gasteiger partial charge in [0.15, 0.2) is 24.6 Å². The van der Waals surface area contributed by atoms with Crippen LogP contribution in [0.15, 0.2) is 109 Å². The molecule has 0 aromatic heterocycles. The highest BCUT2D eigenvalue weighted by Gasteiger charge is 2.50. The Hall–Kier alpha value is -4.62. The summed E-state index contributed by atoms with van der Waals surface area (Å²) in [4.78, 5) is 51.1. The first-order valence-electron chi connectivity index (χ1n) is 28.9. The van der Waals surface area contributed by atoms with E-state index in [-0.39, 0.29) is 25.9 Å². The number of carboxylic acid groups (broad SMARTS) is 1. The van der Waals surface area contributed by atoms with E-state index >= 15 is 0 Å².